The lowest BCUT2D eigenvalue weighted by molar-refractivity contribution is 0.0939. The molecule has 0 saturated carbocycles. The Balaban J connectivity index is 1.98. The number of aliphatic imine (C=N–C) groups is 1. The fraction of sp³-hybridized carbons (Fsp3) is 0.300. The normalized spacial score (nSPS) is 14.1. The zero-order valence-electron chi connectivity index (χ0n) is 14.5. The Kier molecular flexibility index (Phi) is 4.76. The highest BCUT2D eigenvalue weighted by atomic mass is 32.2. The molecule has 1 N–H and O–H groups in total. The fourth-order valence-electron chi connectivity index (χ4n) is 2.62. The van der Waals surface area contributed by atoms with E-state index >= 15 is 0 Å². The number of nitrogens with one attached hydrogen (secondary N) is 1. The average Bonchev–Trinajstić information content (AvgIpc) is 2.70. The minimum atomic E-state index is -0.0393. The molecule has 3 rings (SSSR count). The lowest BCUT2D eigenvalue weighted by atomic mass is 10.1. The maximum Gasteiger partial charge on any atom is 0.251 e. The smallest absolute Gasteiger partial charge is 0.251 e. The molecule has 1 atom stereocenters. The molecule has 0 radical (unpaired) electrons. The summed E-state index contributed by atoms with van der Waals surface area (Å²) in [5.74, 6) is -0.0393. The highest BCUT2D eigenvalue weighted by Crippen LogP contribution is 2.40. The second-order valence-corrected chi connectivity index (χ2v) is 7.35. The molecule has 4 heteroatoms. The van der Waals surface area contributed by atoms with Crippen LogP contribution >= 0.6 is 11.8 Å². The summed E-state index contributed by atoms with van der Waals surface area (Å²) in [5.41, 5.74) is 4.90. The molecule has 1 aliphatic heterocycles. The monoisotopic (exact) mass is 338 g/mol. The van der Waals surface area contributed by atoms with Crippen LogP contribution in [0.5, 0.6) is 0 Å². The van der Waals surface area contributed by atoms with Crippen molar-refractivity contribution in [2.45, 2.75) is 49.9 Å². The Hall–Kier alpha value is -2.07. The highest BCUT2D eigenvalue weighted by molar-refractivity contribution is 7.99. The summed E-state index contributed by atoms with van der Waals surface area (Å²) in [4.78, 5) is 19.4. The molecule has 1 heterocycles. The van der Waals surface area contributed by atoms with E-state index in [0.717, 1.165) is 22.7 Å². The van der Waals surface area contributed by atoms with Gasteiger partial charge in [-0.3, -0.25) is 9.79 Å². The van der Waals surface area contributed by atoms with E-state index in [1.807, 2.05) is 32.0 Å². The number of carbonyl (C=O) groups excluding carboxylic acids is 1. The number of benzene rings is 2. The molecule has 3 nitrogen and oxygen atoms in total. The highest BCUT2D eigenvalue weighted by Gasteiger charge is 2.17. The first kappa shape index (κ1) is 16.8. The van der Waals surface area contributed by atoms with Crippen molar-refractivity contribution in [2.24, 2.45) is 4.99 Å². The molecular weight excluding hydrogens is 316 g/mol. The van der Waals surface area contributed by atoms with Gasteiger partial charge in [0.1, 0.15) is 0 Å². The van der Waals surface area contributed by atoms with Crippen LogP contribution in [-0.2, 0) is 0 Å². The van der Waals surface area contributed by atoms with Crippen molar-refractivity contribution in [3.8, 4) is 0 Å². The topological polar surface area (TPSA) is 41.5 Å². The SMILES string of the molecule is CC[C@H](C)NC(=O)c1ccc2c(c1)N=C(C)c1cc(C)ccc1S2. The van der Waals surface area contributed by atoms with Crippen molar-refractivity contribution in [3.05, 3.63) is 53.1 Å². The van der Waals surface area contributed by atoms with E-state index < -0.39 is 0 Å². The summed E-state index contributed by atoms with van der Waals surface area (Å²) in [6.45, 7) is 8.19. The van der Waals surface area contributed by atoms with E-state index in [-0.39, 0.29) is 11.9 Å². The Bertz CT molecular complexity index is 826. The summed E-state index contributed by atoms with van der Waals surface area (Å²) < 4.78 is 0. The molecule has 0 spiro atoms. The van der Waals surface area contributed by atoms with Crippen LogP contribution in [0.25, 0.3) is 0 Å². The van der Waals surface area contributed by atoms with E-state index in [9.17, 15) is 4.79 Å². The molecule has 1 aliphatic rings. The fourth-order valence-corrected chi connectivity index (χ4v) is 3.65. The minimum Gasteiger partial charge on any atom is -0.350 e. The number of amides is 1. The standard InChI is InChI=1S/C20H22N2OS/c1-5-13(3)21-20(23)15-7-9-19-17(11-15)22-14(4)16-10-12(2)6-8-18(16)24-19/h6-11,13H,5H2,1-4H3,(H,21,23)/t13-/m0/s1. The lowest BCUT2D eigenvalue weighted by Gasteiger charge is -2.12. The van der Waals surface area contributed by atoms with Crippen LogP contribution in [-0.4, -0.2) is 17.7 Å². The van der Waals surface area contributed by atoms with Crippen molar-refractivity contribution in [1.29, 1.82) is 0 Å². The second kappa shape index (κ2) is 6.81. The first-order valence-electron chi connectivity index (χ1n) is 8.27. The molecular formula is C20H22N2OS. The number of nitrogens with zero attached hydrogens (tertiary/aromatic N) is 1. The first-order chi connectivity index (χ1) is 11.5. The van der Waals surface area contributed by atoms with Gasteiger partial charge in [-0.1, -0.05) is 30.3 Å². The van der Waals surface area contributed by atoms with Crippen LogP contribution in [0.3, 0.4) is 0 Å². The van der Waals surface area contributed by atoms with Crippen LogP contribution in [0.1, 0.15) is 48.7 Å². The van der Waals surface area contributed by atoms with E-state index in [1.165, 1.54) is 16.0 Å². The minimum absolute atomic E-state index is 0.0393. The van der Waals surface area contributed by atoms with Gasteiger partial charge >= 0.3 is 0 Å². The second-order valence-electron chi connectivity index (χ2n) is 6.26. The molecule has 0 unspecified atom stereocenters. The van der Waals surface area contributed by atoms with Gasteiger partial charge in [-0.05, 0) is 57.5 Å². The number of hydrogen-bond donors (Lipinski definition) is 1. The number of carbonyl (C=O) groups is 1. The lowest BCUT2D eigenvalue weighted by Crippen LogP contribution is -2.31. The summed E-state index contributed by atoms with van der Waals surface area (Å²) in [7, 11) is 0. The molecule has 0 aromatic heterocycles. The van der Waals surface area contributed by atoms with Crippen LogP contribution in [0.2, 0.25) is 0 Å². The summed E-state index contributed by atoms with van der Waals surface area (Å²) in [5, 5.41) is 3.01. The van der Waals surface area contributed by atoms with Gasteiger partial charge in [-0.2, -0.15) is 0 Å². The largest absolute Gasteiger partial charge is 0.350 e. The Morgan fingerprint density at radius 3 is 2.67 bits per heavy atom. The number of fused-ring (bicyclic) bond motifs is 2. The maximum absolute atomic E-state index is 12.4. The maximum atomic E-state index is 12.4. The Morgan fingerprint density at radius 1 is 1.17 bits per heavy atom. The zero-order chi connectivity index (χ0) is 17.3. The summed E-state index contributed by atoms with van der Waals surface area (Å²) in [6, 6.07) is 12.4. The Morgan fingerprint density at radius 2 is 1.92 bits per heavy atom. The van der Waals surface area contributed by atoms with Crippen molar-refractivity contribution in [2.75, 3.05) is 0 Å². The zero-order valence-corrected chi connectivity index (χ0v) is 15.3. The van der Waals surface area contributed by atoms with Crippen molar-refractivity contribution < 1.29 is 4.79 Å². The van der Waals surface area contributed by atoms with E-state index in [2.05, 4.69) is 37.4 Å². The molecule has 0 saturated heterocycles. The van der Waals surface area contributed by atoms with Gasteiger partial charge in [-0.15, -0.1) is 0 Å². The van der Waals surface area contributed by atoms with Crippen molar-refractivity contribution in [3.63, 3.8) is 0 Å². The molecule has 0 bridgehead atoms. The summed E-state index contributed by atoms with van der Waals surface area (Å²) >= 11 is 1.71. The van der Waals surface area contributed by atoms with Gasteiger partial charge in [0.2, 0.25) is 0 Å². The first-order valence-corrected chi connectivity index (χ1v) is 9.08. The third-order valence-electron chi connectivity index (χ3n) is 4.24. The number of rotatable bonds is 3. The van der Waals surface area contributed by atoms with Gasteiger partial charge in [0.05, 0.1) is 5.69 Å². The molecule has 1 amide bonds. The van der Waals surface area contributed by atoms with Gasteiger partial charge in [0, 0.05) is 32.7 Å². The van der Waals surface area contributed by atoms with Gasteiger partial charge in [0.25, 0.3) is 5.91 Å². The molecule has 2 aromatic carbocycles. The number of hydrogen-bond acceptors (Lipinski definition) is 3. The van der Waals surface area contributed by atoms with Crippen LogP contribution in [0.15, 0.2) is 51.2 Å². The predicted octanol–water partition coefficient (Wildman–Crippen LogP) is 5.13. The van der Waals surface area contributed by atoms with Crippen LogP contribution in [0.4, 0.5) is 5.69 Å². The quantitative estimate of drug-likeness (QED) is 0.843. The molecule has 24 heavy (non-hydrogen) atoms. The van der Waals surface area contributed by atoms with E-state index in [1.54, 1.807) is 11.8 Å². The molecule has 124 valence electrons. The summed E-state index contributed by atoms with van der Waals surface area (Å²) in [6.07, 6.45) is 0.915. The van der Waals surface area contributed by atoms with E-state index in [0.29, 0.717) is 5.56 Å². The van der Waals surface area contributed by atoms with Crippen molar-refractivity contribution >= 4 is 29.1 Å². The molecule has 2 aromatic rings. The molecule has 0 aliphatic carbocycles. The Labute approximate surface area is 147 Å². The van der Waals surface area contributed by atoms with Gasteiger partial charge < -0.3 is 5.32 Å². The predicted molar refractivity (Wildman–Crippen MR) is 101 cm³/mol. The van der Waals surface area contributed by atoms with Gasteiger partial charge in [0.15, 0.2) is 0 Å². The average molecular weight is 338 g/mol. The van der Waals surface area contributed by atoms with Crippen LogP contribution in [0, 0.1) is 6.92 Å². The van der Waals surface area contributed by atoms with Crippen LogP contribution < -0.4 is 5.32 Å². The third-order valence-corrected chi connectivity index (χ3v) is 5.38. The third kappa shape index (κ3) is 3.39. The number of aryl methyl sites for hydroxylation is 1. The van der Waals surface area contributed by atoms with Gasteiger partial charge in [-0.25, -0.2) is 0 Å². The van der Waals surface area contributed by atoms with E-state index in [4.69, 9.17) is 4.99 Å². The molecule has 0 fully saturated rings. The van der Waals surface area contributed by atoms with Crippen molar-refractivity contribution in [1.82, 2.24) is 5.32 Å².